The van der Waals surface area contributed by atoms with E-state index in [1.54, 1.807) is 6.07 Å². The highest BCUT2D eigenvalue weighted by molar-refractivity contribution is 5.93. The van der Waals surface area contributed by atoms with Crippen LogP contribution in [0.1, 0.15) is 61.8 Å². The topological polar surface area (TPSA) is 84.2 Å². The minimum Gasteiger partial charge on any atom is -0.481 e. The largest absolute Gasteiger partial charge is 0.481 e. The van der Waals surface area contributed by atoms with E-state index in [4.69, 9.17) is 5.11 Å². The standard InChI is InChI=1S/C15H23N3O3/c1-4-11(5-2)18-10(3)8-12(17-18)13(19)16-9-15(6-7-15)14(20)21/h8,11H,4-7,9H2,1-3H3,(H,16,19)(H,20,21). The molecular weight excluding hydrogens is 270 g/mol. The van der Waals surface area contributed by atoms with E-state index in [-0.39, 0.29) is 12.5 Å². The Hall–Kier alpha value is -1.85. The second-order valence-electron chi connectivity index (χ2n) is 5.85. The molecule has 1 aliphatic rings. The number of carboxylic acids is 1. The lowest BCUT2D eigenvalue weighted by atomic mass is 10.1. The SMILES string of the molecule is CCC(CC)n1nc(C(=O)NCC2(C(=O)O)CC2)cc1C. The van der Waals surface area contributed by atoms with E-state index < -0.39 is 11.4 Å². The lowest BCUT2D eigenvalue weighted by Crippen LogP contribution is -2.34. The van der Waals surface area contributed by atoms with Crippen LogP contribution in [0.4, 0.5) is 0 Å². The van der Waals surface area contributed by atoms with E-state index in [2.05, 4.69) is 24.3 Å². The lowest BCUT2D eigenvalue weighted by molar-refractivity contribution is -0.143. The Morgan fingerprint density at radius 1 is 1.43 bits per heavy atom. The number of nitrogens with zero attached hydrogens (tertiary/aromatic N) is 2. The maximum atomic E-state index is 12.1. The number of carbonyl (C=O) groups excluding carboxylic acids is 1. The Balaban J connectivity index is 2.03. The molecule has 1 saturated carbocycles. The Labute approximate surface area is 124 Å². The van der Waals surface area contributed by atoms with E-state index in [1.165, 1.54) is 0 Å². The molecule has 1 aromatic rings. The predicted molar refractivity (Wildman–Crippen MR) is 78.2 cm³/mol. The average molecular weight is 293 g/mol. The summed E-state index contributed by atoms with van der Waals surface area (Å²) in [5, 5.41) is 16.2. The number of amides is 1. The van der Waals surface area contributed by atoms with Crippen LogP contribution in [-0.4, -0.2) is 33.3 Å². The monoisotopic (exact) mass is 293 g/mol. The van der Waals surface area contributed by atoms with Crippen LogP contribution in [0.5, 0.6) is 0 Å². The molecular formula is C15H23N3O3. The molecule has 1 aromatic heterocycles. The molecule has 1 fully saturated rings. The molecule has 2 N–H and O–H groups in total. The lowest BCUT2D eigenvalue weighted by Gasteiger charge is -2.14. The molecule has 2 rings (SSSR count). The van der Waals surface area contributed by atoms with Crippen LogP contribution in [0.2, 0.25) is 0 Å². The van der Waals surface area contributed by atoms with Crippen molar-refractivity contribution in [1.29, 1.82) is 0 Å². The van der Waals surface area contributed by atoms with Gasteiger partial charge in [-0.1, -0.05) is 13.8 Å². The summed E-state index contributed by atoms with van der Waals surface area (Å²) in [4.78, 5) is 23.2. The van der Waals surface area contributed by atoms with Crippen molar-refractivity contribution < 1.29 is 14.7 Å². The number of carbonyl (C=O) groups is 2. The number of hydrogen-bond donors (Lipinski definition) is 2. The first-order valence-corrected chi connectivity index (χ1v) is 7.51. The highest BCUT2D eigenvalue weighted by Crippen LogP contribution is 2.45. The van der Waals surface area contributed by atoms with Crippen LogP contribution >= 0.6 is 0 Å². The second kappa shape index (κ2) is 5.87. The third-order valence-corrected chi connectivity index (χ3v) is 4.34. The maximum Gasteiger partial charge on any atom is 0.311 e. The fourth-order valence-corrected chi connectivity index (χ4v) is 2.56. The first-order valence-electron chi connectivity index (χ1n) is 7.51. The van der Waals surface area contributed by atoms with Crippen molar-refractivity contribution in [3.63, 3.8) is 0 Å². The van der Waals surface area contributed by atoms with Crippen molar-refractivity contribution in [3.8, 4) is 0 Å². The predicted octanol–water partition coefficient (Wildman–Crippen LogP) is 2.15. The molecule has 0 saturated heterocycles. The van der Waals surface area contributed by atoms with E-state index >= 15 is 0 Å². The second-order valence-corrected chi connectivity index (χ2v) is 5.85. The quantitative estimate of drug-likeness (QED) is 0.806. The van der Waals surface area contributed by atoms with Crippen LogP contribution in [0.25, 0.3) is 0 Å². The minimum absolute atomic E-state index is 0.179. The Morgan fingerprint density at radius 3 is 2.52 bits per heavy atom. The Bertz CT molecular complexity index is 542. The number of rotatable bonds is 7. The van der Waals surface area contributed by atoms with Crippen LogP contribution in [0.3, 0.4) is 0 Å². The molecule has 0 aliphatic heterocycles. The van der Waals surface area contributed by atoms with Crippen molar-refractivity contribution in [1.82, 2.24) is 15.1 Å². The number of hydrogen-bond acceptors (Lipinski definition) is 3. The Kier molecular flexibility index (Phi) is 4.34. The third-order valence-electron chi connectivity index (χ3n) is 4.34. The number of aromatic nitrogens is 2. The zero-order chi connectivity index (χ0) is 15.6. The summed E-state index contributed by atoms with van der Waals surface area (Å²) in [5.74, 6) is -1.13. The van der Waals surface area contributed by atoms with Crippen LogP contribution in [0.15, 0.2) is 6.07 Å². The molecule has 0 unspecified atom stereocenters. The highest BCUT2D eigenvalue weighted by Gasteiger charge is 2.50. The van der Waals surface area contributed by atoms with Gasteiger partial charge in [0.15, 0.2) is 0 Å². The fraction of sp³-hybridized carbons (Fsp3) is 0.667. The normalized spacial score (nSPS) is 16.0. The Morgan fingerprint density at radius 2 is 2.05 bits per heavy atom. The maximum absolute atomic E-state index is 12.1. The smallest absolute Gasteiger partial charge is 0.311 e. The van der Waals surface area contributed by atoms with Crippen molar-refractivity contribution in [2.45, 2.75) is 52.5 Å². The van der Waals surface area contributed by atoms with Gasteiger partial charge >= 0.3 is 5.97 Å². The van der Waals surface area contributed by atoms with Gasteiger partial charge in [0.2, 0.25) is 0 Å². The van der Waals surface area contributed by atoms with E-state index in [1.807, 2.05) is 11.6 Å². The van der Waals surface area contributed by atoms with Crippen molar-refractivity contribution in [2.75, 3.05) is 6.54 Å². The van der Waals surface area contributed by atoms with Crippen molar-refractivity contribution in [2.24, 2.45) is 5.41 Å². The summed E-state index contributed by atoms with van der Waals surface area (Å²) >= 11 is 0. The average Bonchev–Trinajstić information content (AvgIpc) is 3.16. The number of aryl methyl sites for hydroxylation is 1. The van der Waals surface area contributed by atoms with Crippen LogP contribution < -0.4 is 5.32 Å². The summed E-state index contributed by atoms with van der Waals surface area (Å²) in [6.45, 7) is 6.30. The molecule has 0 radical (unpaired) electrons. The first kappa shape index (κ1) is 15.5. The van der Waals surface area contributed by atoms with Gasteiger partial charge in [0.1, 0.15) is 5.69 Å². The molecule has 116 valence electrons. The molecule has 6 heteroatoms. The molecule has 0 atom stereocenters. The number of carboxylic acid groups (broad SMARTS) is 1. The fourth-order valence-electron chi connectivity index (χ4n) is 2.56. The van der Waals surface area contributed by atoms with E-state index in [0.29, 0.717) is 24.6 Å². The van der Waals surface area contributed by atoms with Crippen LogP contribution in [-0.2, 0) is 4.79 Å². The molecule has 1 amide bonds. The summed E-state index contributed by atoms with van der Waals surface area (Å²) in [7, 11) is 0. The van der Waals surface area contributed by atoms with Gasteiger partial charge in [-0.15, -0.1) is 0 Å². The summed E-state index contributed by atoms with van der Waals surface area (Å²) in [6.07, 6.45) is 3.18. The van der Waals surface area contributed by atoms with E-state index in [9.17, 15) is 9.59 Å². The van der Waals surface area contributed by atoms with Gasteiger partial charge in [0.25, 0.3) is 5.91 Å². The van der Waals surface area contributed by atoms with Gasteiger partial charge in [-0.05, 0) is 38.7 Å². The van der Waals surface area contributed by atoms with Crippen molar-refractivity contribution in [3.05, 3.63) is 17.5 Å². The van der Waals surface area contributed by atoms with Gasteiger partial charge in [-0.25, -0.2) is 0 Å². The van der Waals surface area contributed by atoms with Crippen molar-refractivity contribution >= 4 is 11.9 Å². The molecule has 0 bridgehead atoms. The molecule has 21 heavy (non-hydrogen) atoms. The molecule has 0 aromatic carbocycles. The van der Waals surface area contributed by atoms with Crippen LogP contribution in [0, 0.1) is 12.3 Å². The first-order chi connectivity index (χ1) is 9.93. The van der Waals surface area contributed by atoms with Gasteiger partial charge in [0.05, 0.1) is 11.5 Å². The zero-order valence-corrected chi connectivity index (χ0v) is 12.8. The molecule has 1 aliphatic carbocycles. The summed E-state index contributed by atoms with van der Waals surface area (Å²) in [6, 6.07) is 2.05. The minimum atomic E-state index is -0.832. The molecule has 1 heterocycles. The van der Waals surface area contributed by atoms with E-state index in [0.717, 1.165) is 18.5 Å². The van der Waals surface area contributed by atoms with Gasteiger partial charge < -0.3 is 10.4 Å². The molecule has 6 nitrogen and oxygen atoms in total. The number of aliphatic carboxylic acids is 1. The number of nitrogens with one attached hydrogen (secondary N) is 1. The summed E-state index contributed by atoms with van der Waals surface area (Å²) < 4.78 is 1.89. The van der Waals surface area contributed by atoms with Gasteiger partial charge in [-0.3, -0.25) is 14.3 Å². The molecule has 0 spiro atoms. The summed E-state index contributed by atoms with van der Waals surface area (Å²) in [5.41, 5.74) is 0.566. The van der Waals surface area contributed by atoms with Gasteiger partial charge in [-0.2, -0.15) is 5.10 Å². The highest BCUT2D eigenvalue weighted by atomic mass is 16.4. The zero-order valence-electron chi connectivity index (χ0n) is 12.8. The third kappa shape index (κ3) is 3.09. The van der Waals surface area contributed by atoms with Gasteiger partial charge in [0, 0.05) is 12.2 Å².